The highest BCUT2D eigenvalue weighted by Gasteiger charge is 2.30. The molecule has 1 aromatic rings. The van der Waals surface area contributed by atoms with Crippen molar-refractivity contribution in [2.24, 2.45) is 0 Å². The summed E-state index contributed by atoms with van der Waals surface area (Å²) in [7, 11) is 0. The number of nitrogens with one attached hydrogen (secondary N) is 1. The third kappa shape index (κ3) is 8.68. The van der Waals surface area contributed by atoms with E-state index in [0.717, 1.165) is 12.8 Å². The molecule has 0 saturated carbocycles. The predicted octanol–water partition coefficient (Wildman–Crippen LogP) is 3.39. The second-order valence-corrected chi connectivity index (χ2v) is 6.58. The molecule has 0 saturated heterocycles. The normalized spacial score (nSPS) is 10.9. The maximum absolute atomic E-state index is 10.4. The third-order valence-corrected chi connectivity index (χ3v) is 3.49. The number of nitro groups is 3. The van der Waals surface area contributed by atoms with Crippen LogP contribution in [0.1, 0.15) is 53.4 Å². The van der Waals surface area contributed by atoms with Gasteiger partial charge in [-0.2, -0.15) is 0 Å². The number of non-ortho nitro benzene ring substituents is 1. The van der Waals surface area contributed by atoms with Gasteiger partial charge in [-0.1, -0.05) is 26.7 Å². The number of hydrogen-bond acceptors (Lipinski definition) is 9. The Hall–Kier alpha value is -2.86. The molecule has 0 aliphatic rings. The van der Waals surface area contributed by atoms with Gasteiger partial charge in [-0.05, 0) is 26.7 Å². The van der Waals surface area contributed by atoms with Crippen LogP contribution in [-0.4, -0.2) is 36.7 Å². The zero-order valence-corrected chi connectivity index (χ0v) is 16.2. The molecule has 0 unspecified atom stereocenters. The largest absolute Gasteiger partial charge is 0.497 e. The summed E-state index contributed by atoms with van der Waals surface area (Å²) in [6.07, 6.45) is 4.65. The van der Waals surface area contributed by atoms with Crippen LogP contribution in [0.5, 0.6) is 5.75 Å². The molecule has 0 heterocycles. The van der Waals surface area contributed by atoms with Crippen LogP contribution in [0.15, 0.2) is 12.1 Å². The van der Waals surface area contributed by atoms with E-state index in [-0.39, 0.29) is 0 Å². The number of benzene rings is 1. The van der Waals surface area contributed by atoms with E-state index < -0.39 is 43.3 Å². The maximum Gasteiger partial charge on any atom is 0.324 e. The molecule has 12 heteroatoms. The van der Waals surface area contributed by atoms with Crippen molar-refractivity contribution >= 4 is 17.1 Å². The van der Waals surface area contributed by atoms with Crippen molar-refractivity contribution in [2.45, 2.75) is 65.1 Å². The fourth-order valence-corrected chi connectivity index (χ4v) is 2.46. The first kappa shape index (κ1) is 25.1. The average molecular weight is 402 g/mol. The van der Waals surface area contributed by atoms with Crippen LogP contribution in [-0.2, 0) is 0 Å². The van der Waals surface area contributed by atoms with Crippen molar-refractivity contribution in [2.75, 3.05) is 0 Å². The van der Waals surface area contributed by atoms with E-state index in [1.54, 1.807) is 13.8 Å². The fourth-order valence-electron chi connectivity index (χ4n) is 2.46. The van der Waals surface area contributed by atoms with Crippen LogP contribution in [0.4, 0.5) is 17.1 Å². The number of aliphatic hydroxyl groups is 1. The molecule has 0 amide bonds. The number of nitrogens with zero attached hydrogens (tertiary/aromatic N) is 3. The second-order valence-electron chi connectivity index (χ2n) is 6.58. The Morgan fingerprint density at radius 3 is 1.61 bits per heavy atom. The smallest absolute Gasteiger partial charge is 0.324 e. The van der Waals surface area contributed by atoms with E-state index in [4.69, 9.17) is 5.11 Å². The predicted molar refractivity (Wildman–Crippen MR) is 101 cm³/mol. The molecule has 12 nitrogen and oxygen atoms in total. The summed E-state index contributed by atoms with van der Waals surface area (Å²) in [6.45, 7) is 7.94. The number of phenolic OH excluding ortho intramolecular Hbond substituents is 1. The van der Waals surface area contributed by atoms with E-state index in [2.05, 4.69) is 19.2 Å². The highest BCUT2D eigenvalue weighted by atomic mass is 16.6. The zero-order chi connectivity index (χ0) is 22.1. The molecule has 0 bridgehead atoms. The molecular formula is C16H26N4O8. The third-order valence-electron chi connectivity index (χ3n) is 3.49. The van der Waals surface area contributed by atoms with E-state index >= 15 is 0 Å². The van der Waals surface area contributed by atoms with Crippen LogP contribution < -0.4 is 5.32 Å². The summed E-state index contributed by atoms with van der Waals surface area (Å²) < 4.78 is 0. The standard InChI is InChI=1S/C10H23NO.C6H3N3O7/c1-5-7-9(8-6-2)11-10(3,4)12;10-6-4(8(13)14)1-3(7(11)12)2-5(6)9(15)16/h9,11-12H,5-8H2,1-4H3;1-2,10H. The topological polar surface area (TPSA) is 182 Å². The van der Waals surface area contributed by atoms with Crippen molar-refractivity contribution in [3.05, 3.63) is 42.5 Å². The Bertz CT molecular complexity index is 661. The zero-order valence-electron chi connectivity index (χ0n) is 16.2. The second kappa shape index (κ2) is 11.1. The lowest BCUT2D eigenvalue weighted by atomic mass is 10.1. The number of hydrogen-bond donors (Lipinski definition) is 3. The van der Waals surface area contributed by atoms with Gasteiger partial charge in [0.25, 0.3) is 11.4 Å². The van der Waals surface area contributed by atoms with Gasteiger partial charge < -0.3 is 10.2 Å². The lowest BCUT2D eigenvalue weighted by Crippen LogP contribution is -2.45. The first-order valence-corrected chi connectivity index (χ1v) is 8.64. The van der Waals surface area contributed by atoms with Gasteiger partial charge in [0, 0.05) is 6.04 Å². The number of nitro benzene ring substituents is 3. The molecule has 0 aliphatic heterocycles. The fraction of sp³-hybridized carbons (Fsp3) is 0.625. The van der Waals surface area contributed by atoms with Gasteiger partial charge in [0.1, 0.15) is 5.72 Å². The van der Waals surface area contributed by atoms with Gasteiger partial charge >= 0.3 is 11.4 Å². The average Bonchev–Trinajstić information content (AvgIpc) is 2.53. The SMILES string of the molecule is CCCC(CCC)NC(C)(C)O.O=[N+]([O-])c1cc([N+](=O)[O-])c(O)c([N+](=O)[O-])c1. The number of phenols is 1. The Morgan fingerprint density at radius 1 is 0.964 bits per heavy atom. The van der Waals surface area contributed by atoms with Gasteiger partial charge in [0.15, 0.2) is 0 Å². The quantitative estimate of drug-likeness (QED) is 0.316. The highest BCUT2D eigenvalue weighted by Crippen LogP contribution is 2.38. The maximum atomic E-state index is 10.4. The molecule has 158 valence electrons. The van der Waals surface area contributed by atoms with Gasteiger partial charge in [-0.15, -0.1) is 0 Å². The molecule has 28 heavy (non-hydrogen) atoms. The summed E-state index contributed by atoms with van der Waals surface area (Å²) in [6, 6.07) is 1.37. The Morgan fingerprint density at radius 2 is 1.36 bits per heavy atom. The van der Waals surface area contributed by atoms with E-state index in [0.29, 0.717) is 18.2 Å². The van der Waals surface area contributed by atoms with E-state index in [1.807, 2.05) is 0 Å². The molecular weight excluding hydrogens is 376 g/mol. The van der Waals surface area contributed by atoms with Gasteiger partial charge in [0.05, 0.1) is 26.9 Å². The Labute approximate surface area is 161 Å². The first-order chi connectivity index (χ1) is 12.8. The first-order valence-electron chi connectivity index (χ1n) is 8.64. The summed E-state index contributed by atoms with van der Waals surface area (Å²) in [5.41, 5.74) is -3.73. The lowest BCUT2D eigenvalue weighted by Gasteiger charge is -2.27. The summed E-state index contributed by atoms with van der Waals surface area (Å²) in [5, 5.41) is 53.0. The molecule has 3 N–H and O–H groups in total. The monoisotopic (exact) mass is 402 g/mol. The van der Waals surface area contributed by atoms with Gasteiger partial charge in [-0.25, -0.2) is 0 Å². The van der Waals surface area contributed by atoms with Crippen molar-refractivity contribution in [1.29, 1.82) is 0 Å². The van der Waals surface area contributed by atoms with Crippen LogP contribution >= 0.6 is 0 Å². The summed E-state index contributed by atoms with van der Waals surface area (Å²) in [5.74, 6) is -1.21. The van der Waals surface area contributed by atoms with Gasteiger partial charge in [0.2, 0.25) is 0 Å². The summed E-state index contributed by atoms with van der Waals surface area (Å²) in [4.78, 5) is 27.8. The minimum Gasteiger partial charge on any atom is -0.497 e. The minimum absolute atomic E-state index is 0.447. The molecule has 0 aromatic heterocycles. The number of rotatable bonds is 9. The molecule has 0 atom stereocenters. The van der Waals surface area contributed by atoms with Crippen LogP contribution in [0.2, 0.25) is 0 Å². The Balaban J connectivity index is 0.000000546. The molecule has 0 aliphatic carbocycles. The molecule has 0 radical (unpaired) electrons. The minimum atomic E-state index is -1.21. The summed E-state index contributed by atoms with van der Waals surface area (Å²) >= 11 is 0. The van der Waals surface area contributed by atoms with E-state index in [9.17, 15) is 35.4 Å². The van der Waals surface area contributed by atoms with Crippen molar-refractivity contribution in [3.8, 4) is 5.75 Å². The van der Waals surface area contributed by atoms with Crippen molar-refractivity contribution in [1.82, 2.24) is 5.32 Å². The van der Waals surface area contributed by atoms with Crippen LogP contribution in [0, 0.1) is 30.3 Å². The van der Waals surface area contributed by atoms with Crippen LogP contribution in [0.25, 0.3) is 0 Å². The molecule has 1 aromatic carbocycles. The molecule has 0 spiro atoms. The number of aromatic hydroxyl groups is 1. The lowest BCUT2D eigenvalue weighted by molar-refractivity contribution is -0.404. The Kier molecular flexibility index (Phi) is 9.96. The van der Waals surface area contributed by atoms with E-state index in [1.165, 1.54) is 12.8 Å². The molecule has 0 fully saturated rings. The highest BCUT2D eigenvalue weighted by molar-refractivity contribution is 5.64. The molecule has 1 rings (SSSR count). The van der Waals surface area contributed by atoms with Crippen LogP contribution in [0.3, 0.4) is 0 Å². The van der Waals surface area contributed by atoms with Gasteiger partial charge in [-0.3, -0.25) is 35.7 Å². The van der Waals surface area contributed by atoms with Crippen molar-refractivity contribution < 1.29 is 25.0 Å². The van der Waals surface area contributed by atoms with Crippen molar-refractivity contribution in [3.63, 3.8) is 0 Å².